The second-order valence-corrected chi connectivity index (χ2v) is 9.41. The van der Waals surface area contributed by atoms with Gasteiger partial charge in [-0.15, -0.1) is 10.2 Å². The van der Waals surface area contributed by atoms with E-state index in [1.54, 1.807) is 21.1 Å². The molecule has 0 aliphatic carbocycles. The molecule has 39 heavy (non-hydrogen) atoms. The molecule has 0 saturated carbocycles. The number of hydrogen-bond donors (Lipinski definition) is 0. The first-order chi connectivity index (χ1) is 19.0. The molecule has 0 bridgehead atoms. The van der Waals surface area contributed by atoms with Crippen LogP contribution in [0.1, 0.15) is 48.1 Å². The van der Waals surface area contributed by atoms with Gasteiger partial charge >= 0.3 is 5.97 Å². The van der Waals surface area contributed by atoms with Crippen LogP contribution in [-0.2, 0) is 27.2 Å². The fourth-order valence-corrected chi connectivity index (χ4v) is 5.11. The van der Waals surface area contributed by atoms with Crippen LogP contribution in [-0.4, -0.2) is 47.0 Å². The van der Waals surface area contributed by atoms with Crippen LogP contribution in [0, 0.1) is 0 Å². The minimum atomic E-state index is -0.496. The Morgan fingerprint density at radius 1 is 1.00 bits per heavy atom. The zero-order valence-corrected chi connectivity index (χ0v) is 22.7. The molecule has 1 aliphatic heterocycles. The van der Waals surface area contributed by atoms with E-state index < -0.39 is 6.10 Å². The lowest BCUT2D eigenvalue weighted by molar-refractivity contribution is -0.142. The third-order valence-corrected chi connectivity index (χ3v) is 6.84. The standard InChI is InChI=1S/C29H29ClN4O5/c1-4-38-27(35)17-26-31-33-34(32-26)15-14-24-21-9-6-5-8-19(21)20-13-12-18(30)16-23(20)28(39-24)22-10-7-11-25(36-2)29(22)37-3/h5-13,16,24,28H,4,14-15,17H2,1-3H3/t24-,28-/m1/s1. The molecule has 5 rings (SSSR count). The number of nitrogens with zero attached hydrogens (tertiary/aromatic N) is 4. The van der Waals surface area contributed by atoms with Crippen molar-refractivity contribution in [2.45, 2.75) is 38.5 Å². The van der Waals surface area contributed by atoms with Gasteiger partial charge in [-0.1, -0.05) is 54.1 Å². The second-order valence-electron chi connectivity index (χ2n) is 8.98. The number of halogens is 1. The fourth-order valence-electron chi connectivity index (χ4n) is 4.93. The maximum absolute atomic E-state index is 11.8. The molecule has 9 nitrogen and oxygen atoms in total. The van der Waals surface area contributed by atoms with E-state index in [2.05, 4.69) is 27.5 Å². The summed E-state index contributed by atoms with van der Waals surface area (Å²) in [7, 11) is 3.23. The number of aryl methyl sites for hydroxylation is 1. The Labute approximate surface area is 231 Å². The van der Waals surface area contributed by atoms with Gasteiger partial charge in [0.25, 0.3) is 0 Å². The normalized spacial score (nSPS) is 16.1. The summed E-state index contributed by atoms with van der Waals surface area (Å²) in [4.78, 5) is 13.3. The van der Waals surface area contributed by atoms with E-state index in [0.717, 1.165) is 27.8 Å². The molecular formula is C29H29ClN4O5. The Kier molecular flexibility index (Phi) is 8.09. The lowest BCUT2D eigenvalue weighted by Crippen LogP contribution is -2.15. The van der Waals surface area contributed by atoms with E-state index in [9.17, 15) is 4.79 Å². The summed E-state index contributed by atoms with van der Waals surface area (Å²) < 4.78 is 23.3. The van der Waals surface area contributed by atoms with Crippen LogP contribution in [0.5, 0.6) is 11.5 Å². The number of carbonyl (C=O) groups excluding carboxylic acids is 1. The quantitative estimate of drug-likeness (QED) is 0.258. The van der Waals surface area contributed by atoms with Gasteiger partial charge in [0.1, 0.15) is 12.5 Å². The first-order valence-electron chi connectivity index (χ1n) is 12.7. The third-order valence-electron chi connectivity index (χ3n) is 6.60. The molecule has 0 unspecified atom stereocenters. The molecule has 0 spiro atoms. The summed E-state index contributed by atoms with van der Waals surface area (Å²) in [5.74, 6) is 1.14. The lowest BCUT2D eigenvalue weighted by Gasteiger charge is -2.26. The molecule has 0 N–H and O–H groups in total. The van der Waals surface area contributed by atoms with Crippen molar-refractivity contribution in [2.75, 3.05) is 20.8 Å². The number of carbonyl (C=O) groups is 1. The number of benzene rings is 3. The zero-order chi connectivity index (χ0) is 27.4. The first kappa shape index (κ1) is 26.6. The summed E-state index contributed by atoms with van der Waals surface area (Å²) >= 11 is 6.51. The Morgan fingerprint density at radius 3 is 2.59 bits per heavy atom. The van der Waals surface area contributed by atoms with E-state index in [4.69, 9.17) is 30.5 Å². The van der Waals surface area contributed by atoms with E-state index in [1.807, 2.05) is 48.5 Å². The monoisotopic (exact) mass is 548 g/mol. The van der Waals surface area contributed by atoms with Gasteiger partial charge in [0.2, 0.25) is 0 Å². The second kappa shape index (κ2) is 11.8. The minimum absolute atomic E-state index is 0.0234. The van der Waals surface area contributed by atoms with Crippen molar-refractivity contribution >= 4 is 17.6 Å². The molecule has 202 valence electrons. The summed E-state index contributed by atoms with van der Waals surface area (Å²) in [6.07, 6.45) is -0.293. The fraction of sp³-hybridized carbons (Fsp3) is 0.310. The van der Waals surface area contributed by atoms with Crippen LogP contribution in [0.3, 0.4) is 0 Å². The molecule has 1 aliphatic rings. The van der Waals surface area contributed by atoms with E-state index in [-0.39, 0.29) is 18.5 Å². The molecule has 0 radical (unpaired) electrons. The average Bonchev–Trinajstić information content (AvgIpc) is 3.34. The van der Waals surface area contributed by atoms with Crippen molar-refractivity contribution in [1.82, 2.24) is 20.2 Å². The van der Waals surface area contributed by atoms with Crippen molar-refractivity contribution in [3.8, 4) is 22.6 Å². The number of tetrazole rings is 1. The first-order valence-corrected chi connectivity index (χ1v) is 13.1. The van der Waals surface area contributed by atoms with Crippen molar-refractivity contribution in [1.29, 1.82) is 0 Å². The molecule has 1 aromatic heterocycles. The van der Waals surface area contributed by atoms with Gasteiger partial charge in [-0.2, -0.15) is 4.80 Å². The maximum atomic E-state index is 11.8. The van der Waals surface area contributed by atoms with Crippen molar-refractivity contribution in [2.24, 2.45) is 0 Å². The maximum Gasteiger partial charge on any atom is 0.313 e. The largest absolute Gasteiger partial charge is 0.493 e. The molecular weight excluding hydrogens is 520 g/mol. The Bertz CT molecular complexity index is 1470. The van der Waals surface area contributed by atoms with Crippen LogP contribution in [0.4, 0.5) is 0 Å². The van der Waals surface area contributed by atoms with Crippen LogP contribution < -0.4 is 9.47 Å². The highest BCUT2D eigenvalue weighted by Gasteiger charge is 2.33. The molecule has 3 aromatic carbocycles. The highest BCUT2D eigenvalue weighted by molar-refractivity contribution is 6.30. The number of hydrogen-bond acceptors (Lipinski definition) is 8. The van der Waals surface area contributed by atoms with Gasteiger partial charge in [0, 0.05) is 10.6 Å². The molecule has 10 heteroatoms. The van der Waals surface area contributed by atoms with E-state index >= 15 is 0 Å². The van der Waals surface area contributed by atoms with Gasteiger partial charge in [-0.3, -0.25) is 4.79 Å². The topological polar surface area (TPSA) is 97.6 Å². The number of fused-ring (bicyclic) bond motifs is 3. The number of methoxy groups -OCH3 is 2. The van der Waals surface area contributed by atoms with Gasteiger partial charge in [-0.05, 0) is 59.0 Å². The number of esters is 1. The van der Waals surface area contributed by atoms with Crippen LogP contribution in [0.15, 0.2) is 60.7 Å². The lowest BCUT2D eigenvalue weighted by atomic mass is 9.90. The summed E-state index contributed by atoms with van der Waals surface area (Å²) in [6, 6.07) is 19.8. The highest BCUT2D eigenvalue weighted by Crippen LogP contribution is 2.49. The van der Waals surface area contributed by atoms with Crippen molar-refractivity contribution in [3.05, 3.63) is 88.2 Å². The summed E-state index contributed by atoms with van der Waals surface area (Å²) in [6.45, 7) is 2.49. The molecule has 0 amide bonds. The average molecular weight is 549 g/mol. The van der Waals surface area contributed by atoms with Crippen LogP contribution >= 0.6 is 11.6 Å². The number of aromatic nitrogens is 4. The van der Waals surface area contributed by atoms with Gasteiger partial charge in [-0.25, -0.2) is 0 Å². The van der Waals surface area contributed by atoms with Gasteiger partial charge in [0.15, 0.2) is 17.3 Å². The van der Waals surface area contributed by atoms with Crippen LogP contribution in [0.2, 0.25) is 5.02 Å². The number of para-hydroxylation sites is 1. The van der Waals surface area contributed by atoms with Crippen molar-refractivity contribution < 1.29 is 23.7 Å². The summed E-state index contributed by atoms with van der Waals surface area (Å²) in [5, 5.41) is 13.1. The van der Waals surface area contributed by atoms with E-state index in [0.29, 0.717) is 41.9 Å². The molecule has 0 saturated heterocycles. The molecule has 4 aromatic rings. The third kappa shape index (κ3) is 5.60. The zero-order valence-electron chi connectivity index (χ0n) is 22.0. The van der Waals surface area contributed by atoms with Gasteiger partial charge < -0.3 is 18.9 Å². The molecule has 0 fully saturated rings. The van der Waals surface area contributed by atoms with Gasteiger partial charge in [0.05, 0.1) is 33.5 Å². The molecule has 2 heterocycles. The predicted octanol–water partition coefficient (Wildman–Crippen LogP) is 5.37. The highest BCUT2D eigenvalue weighted by atomic mass is 35.5. The minimum Gasteiger partial charge on any atom is -0.493 e. The number of ether oxygens (including phenoxy) is 4. The molecule has 2 atom stereocenters. The Morgan fingerprint density at radius 2 is 1.79 bits per heavy atom. The predicted molar refractivity (Wildman–Crippen MR) is 145 cm³/mol. The Hall–Kier alpha value is -3.95. The van der Waals surface area contributed by atoms with Crippen molar-refractivity contribution in [3.63, 3.8) is 0 Å². The van der Waals surface area contributed by atoms with E-state index in [1.165, 1.54) is 4.80 Å². The smallest absolute Gasteiger partial charge is 0.313 e. The van der Waals surface area contributed by atoms with Crippen LogP contribution in [0.25, 0.3) is 11.1 Å². The number of rotatable bonds is 9. The summed E-state index contributed by atoms with van der Waals surface area (Å²) in [5.41, 5.74) is 4.89. The SMILES string of the molecule is CCOC(=O)Cc1nnn(CC[C@H]2O[C@H](c3cccc(OC)c3OC)c3cc(Cl)ccc3-c3ccccc32)n1. The Balaban J connectivity index is 1.52.